The molecule has 0 aliphatic heterocycles. The van der Waals surface area contributed by atoms with Crippen molar-refractivity contribution in [3.05, 3.63) is 65.2 Å². The second-order valence-corrected chi connectivity index (χ2v) is 7.16. The molecule has 0 aromatic heterocycles. The van der Waals surface area contributed by atoms with Gasteiger partial charge < -0.3 is 5.32 Å². The van der Waals surface area contributed by atoms with Crippen LogP contribution in [0.2, 0.25) is 0 Å². The maximum atomic E-state index is 12.2. The zero-order valence-corrected chi connectivity index (χ0v) is 16.2. The first-order chi connectivity index (χ1) is 12.1. The van der Waals surface area contributed by atoms with Gasteiger partial charge in [-0.3, -0.25) is 9.69 Å². The minimum absolute atomic E-state index is 0.0724. The van der Waals surface area contributed by atoms with E-state index in [1.807, 2.05) is 6.07 Å². The third kappa shape index (κ3) is 6.56. The van der Waals surface area contributed by atoms with Gasteiger partial charge in [-0.1, -0.05) is 55.8 Å². The molecule has 134 valence electrons. The van der Waals surface area contributed by atoms with Gasteiger partial charge in [-0.05, 0) is 43.3 Å². The van der Waals surface area contributed by atoms with Gasteiger partial charge in [0.1, 0.15) is 0 Å². The van der Waals surface area contributed by atoms with E-state index < -0.39 is 0 Å². The Morgan fingerprint density at radius 3 is 2.28 bits per heavy atom. The van der Waals surface area contributed by atoms with Gasteiger partial charge >= 0.3 is 0 Å². The maximum Gasteiger partial charge on any atom is 0.230 e. The van der Waals surface area contributed by atoms with Crippen LogP contribution in [0.5, 0.6) is 0 Å². The number of nitrogens with one attached hydrogen (secondary N) is 1. The minimum atomic E-state index is 0.0724. The van der Waals surface area contributed by atoms with Crippen molar-refractivity contribution < 1.29 is 4.79 Å². The highest BCUT2D eigenvalue weighted by molar-refractivity contribution is 8.00. The zero-order valence-electron chi connectivity index (χ0n) is 15.4. The molecule has 2 aromatic carbocycles. The number of hydrogen-bond acceptors (Lipinski definition) is 3. The van der Waals surface area contributed by atoms with Crippen molar-refractivity contribution in [2.24, 2.45) is 0 Å². The number of carbonyl (C=O) groups is 1. The average Bonchev–Trinajstić information content (AvgIpc) is 2.64. The minimum Gasteiger partial charge on any atom is -0.351 e. The third-order valence-electron chi connectivity index (χ3n) is 4.27. The fourth-order valence-electron chi connectivity index (χ4n) is 2.60. The number of aryl methyl sites for hydroxylation is 1. The molecule has 0 aliphatic carbocycles. The molecule has 2 aromatic rings. The summed E-state index contributed by atoms with van der Waals surface area (Å²) in [5, 5.41) is 3.05. The maximum absolute atomic E-state index is 12.2. The molecule has 0 aliphatic rings. The van der Waals surface area contributed by atoms with Gasteiger partial charge in [-0.2, -0.15) is 0 Å². The molecule has 0 unspecified atom stereocenters. The fourth-order valence-corrected chi connectivity index (χ4v) is 3.33. The second-order valence-electron chi connectivity index (χ2n) is 6.11. The van der Waals surface area contributed by atoms with Gasteiger partial charge in [0.25, 0.3) is 0 Å². The number of thioether (sulfide) groups is 1. The predicted octanol–water partition coefficient (Wildman–Crippen LogP) is 4.25. The highest BCUT2D eigenvalue weighted by atomic mass is 32.2. The first-order valence-electron chi connectivity index (χ1n) is 8.87. The van der Waals surface area contributed by atoms with Crippen LogP contribution in [0, 0.1) is 6.92 Å². The molecule has 3 nitrogen and oxygen atoms in total. The van der Waals surface area contributed by atoms with Crippen LogP contribution < -0.4 is 5.32 Å². The molecule has 0 spiro atoms. The van der Waals surface area contributed by atoms with Gasteiger partial charge in [-0.15, -0.1) is 11.8 Å². The lowest BCUT2D eigenvalue weighted by molar-refractivity contribution is -0.118. The molecule has 25 heavy (non-hydrogen) atoms. The molecular weight excluding hydrogens is 328 g/mol. The van der Waals surface area contributed by atoms with Crippen molar-refractivity contribution in [1.29, 1.82) is 0 Å². The van der Waals surface area contributed by atoms with Gasteiger partial charge in [0.2, 0.25) is 5.91 Å². The normalized spacial score (nSPS) is 10.9. The summed E-state index contributed by atoms with van der Waals surface area (Å²) in [5.74, 6) is 0.518. The lowest BCUT2D eigenvalue weighted by atomic mass is 10.1. The van der Waals surface area contributed by atoms with Crippen molar-refractivity contribution in [2.75, 3.05) is 18.8 Å². The predicted molar refractivity (Wildman–Crippen MR) is 107 cm³/mol. The van der Waals surface area contributed by atoms with Crippen molar-refractivity contribution in [2.45, 2.75) is 38.8 Å². The molecule has 0 saturated carbocycles. The SMILES string of the molecule is CCN(CC)Cc1ccccc1CNC(=O)CSc1ccc(C)cc1. The average molecular weight is 357 g/mol. The lowest BCUT2D eigenvalue weighted by Gasteiger charge is -2.20. The van der Waals surface area contributed by atoms with Gasteiger partial charge in [0.05, 0.1) is 5.75 Å². The Morgan fingerprint density at radius 1 is 1.00 bits per heavy atom. The molecule has 1 amide bonds. The molecule has 4 heteroatoms. The van der Waals surface area contributed by atoms with E-state index in [0.29, 0.717) is 12.3 Å². The Morgan fingerprint density at radius 2 is 1.64 bits per heavy atom. The van der Waals surface area contributed by atoms with Crippen molar-refractivity contribution in [3.63, 3.8) is 0 Å². The Bertz CT molecular complexity index is 666. The van der Waals surface area contributed by atoms with Gasteiger partial charge in [0, 0.05) is 18.0 Å². The second kappa shape index (κ2) is 10.3. The summed E-state index contributed by atoms with van der Waals surface area (Å²) in [4.78, 5) is 15.7. The number of amides is 1. The number of nitrogens with zero attached hydrogens (tertiary/aromatic N) is 1. The van der Waals surface area contributed by atoms with Crippen LogP contribution in [-0.2, 0) is 17.9 Å². The van der Waals surface area contributed by atoms with Crippen molar-refractivity contribution in [3.8, 4) is 0 Å². The van der Waals surface area contributed by atoms with E-state index in [0.717, 1.165) is 24.5 Å². The highest BCUT2D eigenvalue weighted by Crippen LogP contribution is 2.18. The summed E-state index contributed by atoms with van der Waals surface area (Å²) in [6.07, 6.45) is 0. The number of benzene rings is 2. The smallest absolute Gasteiger partial charge is 0.230 e. The summed E-state index contributed by atoms with van der Waals surface area (Å²) in [5.41, 5.74) is 3.72. The monoisotopic (exact) mass is 356 g/mol. The van der Waals surface area contributed by atoms with E-state index in [1.54, 1.807) is 11.8 Å². The van der Waals surface area contributed by atoms with Crippen molar-refractivity contribution >= 4 is 17.7 Å². The summed E-state index contributed by atoms with van der Waals surface area (Å²) in [7, 11) is 0. The van der Waals surface area contributed by atoms with Crippen LogP contribution in [0.3, 0.4) is 0 Å². The number of hydrogen-bond donors (Lipinski definition) is 1. The Kier molecular flexibility index (Phi) is 8.02. The summed E-state index contributed by atoms with van der Waals surface area (Å²) >= 11 is 1.57. The molecule has 0 saturated heterocycles. The van der Waals surface area contributed by atoms with E-state index in [2.05, 4.69) is 73.5 Å². The number of carbonyl (C=O) groups excluding carboxylic acids is 1. The van der Waals surface area contributed by atoms with Gasteiger partial charge in [-0.25, -0.2) is 0 Å². The van der Waals surface area contributed by atoms with Crippen LogP contribution in [0.4, 0.5) is 0 Å². The van der Waals surface area contributed by atoms with Crippen LogP contribution in [0.15, 0.2) is 53.4 Å². The quantitative estimate of drug-likeness (QED) is 0.682. The highest BCUT2D eigenvalue weighted by Gasteiger charge is 2.08. The van der Waals surface area contributed by atoms with E-state index in [-0.39, 0.29) is 5.91 Å². The van der Waals surface area contributed by atoms with Crippen molar-refractivity contribution in [1.82, 2.24) is 10.2 Å². The largest absolute Gasteiger partial charge is 0.351 e. The van der Waals surface area contributed by atoms with E-state index in [4.69, 9.17) is 0 Å². The lowest BCUT2D eigenvalue weighted by Crippen LogP contribution is -2.27. The Balaban J connectivity index is 1.85. The number of rotatable bonds is 9. The molecule has 0 atom stereocenters. The molecule has 1 N–H and O–H groups in total. The molecule has 0 bridgehead atoms. The Labute approximate surface area is 155 Å². The Hall–Kier alpha value is -1.78. The fraction of sp³-hybridized carbons (Fsp3) is 0.381. The topological polar surface area (TPSA) is 32.3 Å². The van der Waals surface area contributed by atoms with E-state index in [9.17, 15) is 4.79 Å². The van der Waals surface area contributed by atoms with Crippen LogP contribution in [0.25, 0.3) is 0 Å². The van der Waals surface area contributed by atoms with Crippen LogP contribution >= 0.6 is 11.8 Å². The zero-order chi connectivity index (χ0) is 18.1. The molecule has 0 radical (unpaired) electrons. The van der Waals surface area contributed by atoms with Crippen LogP contribution in [0.1, 0.15) is 30.5 Å². The molecular formula is C21H28N2OS. The summed E-state index contributed by atoms with van der Waals surface area (Å²) < 4.78 is 0. The molecule has 2 rings (SSSR count). The third-order valence-corrected chi connectivity index (χ3v) is 5.29. The molecule has 0 heterocycles. The van der Waals surface area contributed by atoms with E-state index >= 15 is 0 Å². The first kappa shape index (κ1) is 19.5. The summed E-state index contributed by atoms with van der Waals surface area (Å²) in [6.45, 7) is 10.00. The molecule has 0 fully saturated rings. The standard InChI is InChI=1S/C21H28N2OS/c1-4-23(5-2)15-19-9-7-6-8-18(19)14-22-21(24)16-25-20-12-10-17(3)11-13-20/h6-13H,4-5,14-16H2,1-3H3,(H,22,24). The first-order valence-corrected chi connectivity index (χ1v) is 9.86. The van der Waals surface area contributed by atoms with E-state index in [1.165, 1.54) is 16.7 Å². The summed E-state index contributed by atoms with van der Waals surface area (Å²) in [6, 6.07) is 16.6. The van der Waals surface area contributed by atoms with Gasteiger partial charge in [0.15, 0.2) is 0 Å². The van der Waals surface area contributed by atoms with Crippen LogP contribution in [-0.4, -0.2) is 29.6 Å².